The third kappa shape index (κ3) is 6.18. The zero-order valence-electron chi connectivity index (χ0n) is 18.5. The Morgan fingerprint density at radius 1 is 1.14 bits per heavy atom. The number of hydrogen-bond donors (Lipinski definition) is 1. The van der Waals surface area contributed by atoms with E-state index < -0.39 is 46.6 Å². The van der Waals surface area contributed by atoms with Gasteiger partial charge in [-0.05, 0) is 60.4 Å². The Kier molecular flexibility index (Phi) is 8.32. The number of aryl methyl sites for hydroxylation is 1. The van der Waals surface area contributed by atoms with Gasteiger partial charge in [-0.25, -0.2) is 13.8 Å². The van der Waals surface area contributed by atoms with Crippen molar-refractivity contribution in [2.45, 2.75) is 24.9 Å². The van der Waals surface area contributed by atoms with Crippen LogP contribution in [0.1, 0.15) is 29.2 Å². The number of hydrogen-bond acceptors (Lipinski definition) is 4. The molecule has 0 spiro atoms. The van der Waals surface area contributed by atoms with E-state index in [1.54, 1.807) is 0 Å². The van der Waals surface area contributed by atoms with E-state index in [4.69, 9.17) is 17.3 Å². The lowest BCUT2D eigenvalue weighted by molar-refractivity contribution is -0.141. The van der Waals surface area contributed by atoms with E-state index in [-0.39, 0.29) is 45.9 Å². The molecular formula is C23H18ClF5N3O3S-. The molecule has 1 heterocycles. The van der Waals surface area contributed by atoms with Crippen LogP contribution in [0.25, 0.3) is 11.3 Å². The van der Waals surface area contributed by atoms with Gasteiger partial charge in [0.15, 0.2) is 0 Å². The summed E-state index contributed by atoms with van der Waals surface area (Å²) in [5.41, 5.74) is 4.53. The van der Waals surface area contributed by atoms with Crippen LogP contribution in [0, 0.1) is 11.6 Å². The zero-order chi connectivity index (χ0) is 26.8. The molecule has 0 bridgehead atoms. The molecule has 13 heteroatoms. The van der Waals surface area contributed by atoms with Gasteiger partial charge < -0.3 is 14.6 Å². The van der Waals surface area contributed by atoms with Gasteiger partial charge in [-0.15, -0.1) is 0 Å². The highest BCUT2D eigenvalue weighted by molar-refractivity contribution is 7.80. The Hall–Kier alpha value is -3.09. The molecule has 3 aromatic rings. The number of benzene rings is 2. The van der Waals surface area contributed by atoms with Gasteiger partial charge in [0.2, 0.25) is 5.91 Å². The molecule has 2 aromatic carbocycles. The molecule has 0 aliphatic carbocycles. The number of carbonyl (C=O) groups excluding carboxylic acids is 1. The number of primary amides is 1. The number of anilines is 1. The highest BCUT2D eigenvalue weighted by atomic mass is 35.5. The Labute approximate surface area is 210 Å². The van der Waals surface area contributed by atoms with Gasteiger partial charge in [0.25, 0.3) is 0 Å². The first-order valence-electron chi connectivity index (χ1n) is 10.2. The van der Waals surface area contributed by atoms with Crippen molar-refractivity contribution in [1.29, 1.82) is 0 Å². The van der Waals surface area contributed by atoms with Crippen molar-refractivity contribution in [3.8, 4) is 11.3 Å². The maximum absolute atomic E-state index is 14.5. The topological polar surface area (TPSA) is 99.4 Å². The molecule has 0 aliphatic heterocycles. The number of nitrogens with two attached hydrogens (primary N) is 1. The highest BCUT2D eigenvalue weighted by Crippen LogP contribution is 2.34. The van der Waals surface area contributed by atoms with E-state index in [9.17, 15) is 35.5 Å². The molecular weight excluding hydrogens is 529 g/mol. The van der Waals surface area contributed by atoms with Crippen molar-refractivity contribution in [1.82, 2.24) is 4.98 Å². The summed E-state index contributed by atoms with van der Waals surface area (Å²) in [5, 5.41) is -0.313. The normalized spacial score (nSPS) is 13.3. The minimum Gasteiger partial charge on any atom is -0.755 e. The van der Waals surface area contributed by atoms with Gasteiger partial charge in [-0.1, -0.05) is 23.7 Å². The van der Waals surface area contributed by atoms with E-state index in [0.29, 0.717) is 4.31 Å². The summed E-state index contributed by atoms with van der Waals surface area (Å²) in [7, 11) is 1.13. The fraction of sp³-hybridized carbons (Fsp3) is 0.217. The zero-order valence-corrected chi connectivity index (χ0v) is 20.1. The number of rotatable bonds is 8. The molecule has 1 amide bonds. The first-order chi connectivity index (χ1) is 16.8. The summed E-state index contributed by atoms with van der Waals surface area (Å²) in [6.45, 7) is 0. The van der Waals surface area contributed by atoms with Crippen LogP contribution in [0.2, 0.25) is 5.02 Å². The monoisotopic (exact) mass is 546 g/mol. The van der Waals surface area contributed by atoms with Crippen molar-refractivity contribution in [3.05, 3.63) is 82.0 Å². The number of halogens is 6. The van der Waals surface area contributed by atoms with Gasteiger partial charge in [-0.2, -0.15) is 13.2 Å². The van der Waals surface area contributed by atoms with Gasteiger partial charge in [0.1, 0.15) is 17.3 Å². The number of aromatic nitrogens is 1. The standard InChI is InChI=1S/C23H19ClF5N3O3S/c1-32(36(34)35)19-8-4-13(11-18(19)26)15(22(30)33)6-2-12-5-9-20(23(27,28)29)31-21(12)14-3-7-17(25)16(24)10-14/h3-5,7-11,15H,2,6H2,1H3,(H2,30,33)(H,34,35)/p-1. The average molecular weight is 547 g/mol. The summed E-state index contributed by atoms with van der Waals surface area (Å²) in [6.07, 6.45) is -4.78. The Balaban J connectivity index is 1.97. The molecule has 6 nitrogen and oxygen atoms in total. The number of nitrogens with zero attached hydrogens (tertiary/aromatic N) is 2. The lowest BCUT2D eigenvalue weighted by Gasteiger charge is -2.23. The largest absolute Gasteiger partial charge is 0.755 e. The van der Waals surface area contributed by atoms with Crippen molar-refractivity contribution in [2.24, 2.45) is 5.73 Å². The Morgan fingerprint density at radius 2 is 1.83 bits per heavy atom. The fourth-order valence-electron chi connectivity index (χ4n) is 3.59. The molecule has 3 rings (SSSR count). The van der Waals surface area contributed by atoms with Crippen LogP contribution in [0.5, 0.6) is 0 Å². The predicted octanol–water partition coefficient (Wildman–Crippen LogP) is 5.13. The summed E-state index contributed by atoms with van der Waals surface area (Å²) in [4.78, 5) is 15.8. The van der Waals surface area contributed by atoms with Gasteiger partial charge in [0.05, 0.1) is 22.3 Å². The van der Waals surface area contributed by atoms with Crippen LogP contribution in [0.4, 0.5) is 27.6 Å². The van der Waals surface area contributed by atoms with Gasteiger partial charge in [0, 0.05) is 23.9 Å². The molecule has 192 valence electrons. The molecule has 36 heavy (non-hydrogen) atoms. The molecule has 0 radical (unpaired) electrons. The summed E-state index contributed by atoms with van der Waals surface area (Å²) in [6, 6.07) is 8.79. The number of alkyl halides is 3. The molecule has 0 aliphatic rings. The molecule has 2 N–H and O–H groups in total. The predicted molar refractivity (Wildman–Crippen MR) is 124 cm³/mol. The molecule has 0 saturated carbocycles. The van der Waals surface area contributed by atoms with Crippen molar-refractivity contribution >= 4 is 34.5 Å². The second-order valence-electron chi connectivity index (χ2n) is 7.75. The van der Waals surface area contributed by atoms with Crippen LogP contribution in [-0.4, -0.2) is 26.7 Å². The summed E-state index contributed by atoms with van der Waals surface area (Å²) in [5.74, 6) is -3.55. The van der Waals surface area contributed by atoms with Crippen molar-refractivity contribution in [2.75, 3.05) is 11.4 Å². The van der Waals surface area contributed by atoms with Gasteiger partial charge in [-0.3, -0.25) is 9.00 Å². The number of pyridine rings is 1. The van der Waals surface area contributed by atoms with Crippen LogP contribution in [0.3, 0.4) is 0 Å². The van der Waals surface area contributed by atoms with Crippen molar-refractivity contribution < 1.29 is 35.5 Å². The fourth-order valence-corrected chi connectivity index (χ4v) is 4.08. The van der Waals surface area contributed by atoms with E-state index in [0.717, 1.165) is 31.3 Å². The van der Waals surface area contributed by atoms with Crippen LogP contribution < -0.4 is 10.0 Å². The van der Waals surface area contributed by atoms with E-state index in [1.165, 1.54) is 24.3 Å². The second kappa shape index (κ2) is 10.9. The summed E-state index contributed by atoms with van der Waals surface area (Å²) >= 11 is 3.07. The van der Waals surface area contributed by atoms with Crippen LogP contribution in [0.15, 0.2) is 48.5 Å². The van der Waals surface area contributed by atoms with Crippen molar-refractivity contribution in [3.63, 3.8) is 0 Å². The Morgan fingerprint density at radius 3 is 2.39 bits per heavy atom. The molecule has 0 fully saturated rings. The minimum atomic E-state index is -4.74. The van der Waals surface area contributed by atoms with Crippen LogP contribution >= 0.6 is 11.6 Å². The minimum absolute atomic E-state index is 0.00305. The number of carbonyl (C=O) groups is 1. The quantitative estimate of drug-likeness (QED) is 0.313. The molecule has 0 saturated heterocycles. The molecule has 1 aromatic heterocycles. The molecule has 2 unspecified atom stereocenters. The first kappa shape index (κ1) is 27.5. The maximum Gasteiger partial charge on any atom is 0.433 e. The third-order valence-corrected chi connectivity index (χ3v) is 6.38. The lowest BCUT2D eigenvalue weighted by atomic mass is 9.90. The average Bonchev–Trinajstić information content (AvgIpc) is 2.80. The van der Waals surface area contributed by atoms with E-state index in [2.05, 4.69) is 4.98 Å². The lowest BCUT2D eigenvalue weighted by Crippen LogP contribution is -2.23. The number of amides is 1. The first-order valence-corrected chi connectivity index (χ1v) is 11.6. The van der Waals surface area contributed by atoms with Crippen LogP contribution in [-0.2, 0) is 28.7 Å². The summed E-state index contributed by atoms with van der Waals surface area (Å²) < 4.78 is 90.9. The third-order valence-electron chi connectivity index (χ3n) is 5.45. The maximum atomic E-state index is 14.5. The van der Waals surface area contributed by atoms with E-state index >= 15 is 0 Å². The SMILES string of the molecule is CN(c1ccc(C(CCc2ccc(C(F)(F)F)nc2-c2ccc(F)c(Cl)c2)C(N)=O)cc1F)S(=O)[O-]. The smallest absolute Gasteiger partial charge is 0.433 e. The van der Waals surface area contributed by atoms with E-state index in [1.807, 2.05) is 0 Å². The highest BCUT2D eigenvalue weighted by Gasteiger charge is 2.33. The second-order valence-corrected chi connectivity index (χ2v) is 9.14. The van der Waals surface area contributed by atoms with Gasteiger partial charge >= 0.3 is 6.18 Å². The molecule has 2 atom stereocenters. The Bertz CT molecular complexity index is 1320.